The Bertz CT molecular complexity index is 2570. The molecule has 2 unspecified atom stereocenters. The quantitative estimate of drug-likeness (QED) is 0.155. The van der Waals surface area contributed by atoms with Crippen LogP contribution in [0.2, 0.25) is 0 Å². The molecule has 0 bridgehead atoms. The van der Waals surface area contributed by atoms with Crippen molar-refractivity contribution in [3.8, 4) is 22.3 Å². The van der Waals surface area contributed by atoms with E-state index >= 15 is 0 Å². The van der Waals surface area contributed by atoms with Crippen molar-refractivity contribution < 1.29 is 0 Å². The van der Waals surface area contributed by atoms with Crippen molar-refractivity contribution in [3.63, 3.8) is 0 Å². The minimum absolute atomic E-state index is 0.346. The standard InChI is InChI=1S/C53H40N2/c1-4-13-38(14-5-1)40-23-27-46(28-24-40)54(47-29-25-41(26-30-47)39-15-6-2-7-16-39)48-31-33-50-43(36-48)35-44-37-49(32-34-51(44)50)55(45-19-8-3-9-20-45)53-22-12-18-42-17-10-11-21-52(42)53/h1-34,36-37,43,50H,35H2. The fourth-order valence-corrected chi connectivity index (χ4v) is 8.60. The van der Waals surface area contributed by atoms with Crippen LogP contribution in [-0.4, -0.2) is 0 Å². The summed E-state index contributed by atoms with van der Waals surface area (Å²) in [7, 11) is 0. The molecule has 2 aliphatic rings. The molecular weight excluding hydrogens is 665 g/mol. The Kier molecular flexibility index (Phi) is 8.42. The highest BCUT2D eigenvalue weighted by Gasteiger charge is 2.33. The van der Waals surface area contributed by atoms with E-state index in [0.717, 1.165) is 23.5 Å². The van der Waals surface area contributed by atoms with E-state index in [4.69, 9.17) is 0 Å². The highest BCUT2D eigenvalue weighted by atomic mass is 15.2. The second-order valence-corrected chi connectivity index (χ2v) is 14.6. The van der Waals surface area contributed by atoms with Gasteiger partial charge in [0.15, 0.2) is 0 Å². The second-order valence-electron chi connectivity index (χ2n) is 14.6. The number of nitrogens with zero attached hydrogens (tertiary/aromatic N) is 2. The summed E-state index contributed by atoms with van der Waals surface area (Å²) in [6.07, 6.45) is 8.29. The fourth-order valence-electron chi connectivity index (χ4n) is 8.60. The molecule has 0 fully saturated rings. The summed E-state index contributed by atoms with van der Waals surface area (Å²) in [4.78, 5) is 4.84. The third-order valence-corrected chi connectivity index (χ3v) is 11.3. The molecule has 0 aromatic heterocycles. The van der Waals surface area contributed by atoms with Crippen LogP contribution in [0.15, 0.2) is 224 Å². The summed E-state index contributed by atoms with van der Waals surface area (Å²) in [6, 6.07) is 72.4. The number of hydrogen-bond acceptors (Lipinski definition) is 2. The molecule has 0 aliphatic heterocycles. The molecule has 8 aromatic rings. The van der Waals surface area contributed by atoms with Crippen LogP contribution in [0.3, 0.4) is 0 Å². The predicted molar refractivity (Wildman–Crippen MR) is 232 cm³/mol. The summed E-state index contributed by atoms with van der Waals surface area (Å²) >= 11 is 0. The molecule has 2 atom stereocenters. The van der Waals surface area contributed by atoms with Crippen molar-refractivity contribution in [2.45, 2.75) is 12.3 Å². The van der Waals surface area contributed by atoms with Gasteiger partial charge in [-0.3, -0.25) is 0 Å². The zero-order valence-electron chi connectivity index (χ0n) is 30.5. The molecule has 2 nitrogen and oxygen atoms in total. The van der Waals surface area contributed by atoms with Gasteiger partial charge in [0.25, 0.3) is 0 Å². The van der Waals surface area contributed by atoms with Crippen LogP contribution < -0.4 is 9.80 Å². The van der Waals surface area contributed by atoms with Crippen LogP contribution in [0, 0.1) is 5.92 Å². The van der Waals surface area contributed by atoms with Gasteiger partial charge in [-0.1, -0.05) is 158 Å². The van der Waals surface area contributed by atoms with Gasteiger partial charge in [0.1, 0.15) is 0 Å². The smallest absolute Gasteiger partial charge is 0.0540 e. The Hall–Kier alpha value is -6.90. The molecule has 0 saturated carbocycles. The lowest BCUT2D eigenvalue weighted by molar-refractivity contribution is 0.623. The van der Waals surface area contributed by atoms with Crippen molar-refractivity contribution in [2.24, 2.45) is 5.92 Å². The zero-order chi connectivity index (χ0) is 36.6. The average Bonchev–Trinajstić information content (AvgIpc) is 3.63. The average molecular weight is 705 g/mol. The Morgan fingerprint density at radius 3 is 1.60 bits per heavy atom. The molecule has 0 saturated heterocycles. The highest BCUT2D eigenvalue weighted by Crippen LogP contribution is 2.47. The molecule has 2 aliphatic carbocycles. The van der Waals surface area contributed by atoms with E-state index in [0.29, 0.717) is 11.8 Å². The highest BCUT2D eigenvalue weighted by molar-refractivity contribution is 5.99. The molecular formula is C53H40N2. The first-order valence-corrected chi connectivity index (χ1v) is 19.2. The molecule has 2 heteroatoms. The molecule has 0 radical (unpaired) electrons. The first-order valence-electron chi connectivity index (χ1n) is 19.2. The minimum atomic E-state index is 0.346. The molecule has 10 rings (SSSR count). The van der Waals surface area contributed by atoms with E-state index < -0.39 is 0 Å². The van der Waals surface area contributed by atoms with Crippen LogP contribution in [0.5, 0.6) is 0 Å². The fraction of sp³-hybridized carbons (Fsp3) is 0.0566. The lowest BCUT2D eigenvalue weighted by atomic mass is 9.87. The zero-order valence-corrected chi connectivity index (χ0v) is 30.5. The van der Waals surface area contributed by atoms with Crippen molar-refractivity contribution in [1.82, 2.24) is 0 Å². The van der Waals surface area contributed by atoms with Crippen molar-refractivity contribution in [3.05, 3.63) is 235 Å². The molecule has 262 valence electrons. The molecule has 0 amide bonds. The van der Waals surface area contributed by atoms with Crippen molar-refractivity contribution >= 4 is 39.2 Å². The van der Waals surface area contributed by atoms with Gasteiger partial charge in [-0.15, -0.1) is 0 Å². The first kappa shape index (κ1) is 32.7. The van der Waals surface area contributed by atoms with Gasteiger partial charge in [-0.2, -0.15) is 0 Å². The second kappa shape index (κ2) is 14.2. The van der Waals surface area contributed by atoms with Gasteiger partial charge in [0, 0.05) is 39.8 Å². The number of hydrogen-bond donors (Lipinski definition) is 0. The van der Waals surface area contributed by atoms with Gasteiger partial charge in [-0.25, -0.2) is 0 Å². The number of rotatable bonds is 8. The largest absolute Gasteiger partial charge is 0.311 e. The van der Waals surface area contributed by atoms with Crippen LogP contribution in [-0.2, 0) is 6.42 Å². The van der Waals surface area contributed by atoms with Gasteiger partial charge < -0.3 is 9.80 Å². The van der Waals surface area contributed by atoms with Crippen molar-refractivity contribution in [1.29, 1.82) is 0 Å². The van der Waals surface area contributed by atoms with Crippen LogP contribution >= 0.6 is 0 Å². The number of fused-ring (bicyclic) bond motifs is 4. The van der Waals surface area contributed by atoms with Crippen LogP contribution in [0.1, 0.15) is 17.0 Å². The number of benzene rings is 8. The molecule has 55 heavy (non-hydrogen) atoms. The number of allylic oxidation sites excluding steroid dienone is 3. The number of anilines is 5. The third kappa shape index (κ3) is 6.22. The van der Waals surface area contributed by atoms with Crippen LogP contribution in [0.25, 0.3) is 33.0 Å². The summed E-state index contributed by atoms with van der Waals surface area (Å²) in [5.41, 5.74) is 14.8. The minimum Gasteiger partial charge on any atom is -0.311 e. The molecule has 0 spiro atoms. The van der Waals surface area contributed by atoms with E-state index in [9.17, 15) is 0 Å². The molecule has 8 aromatic carbocycles. The number of para-hydroxylation sites is 1. The lowest BCUT2D eigenvalue weighted by Crippen LogP contribution is -2.19. The van der Waals surface area contributed by atoms with Gasteiger partial charge in [0.05, 0.1) is 5.69 Å². The maximum atomic E-state index is 2.51. The Balaban J connectivity index is 1.01. The predicted octanol–water partition coefficient (Wildman–Crippen LogP) is 14.2. The maximum Gasteiger partial charge on any atom is 0.0540 e. The van der Waals surface area contributed by atoms with Gasteiger partial charge in [-0.05, 0) is 112 Å². The Morgan fingerprint density at radius 2 is 0.945 bits per heavy atom. The van der Waals surface area contributed by atoms with Crippen LogP contribution in [0.4, 0.5) is 28.4 Å². The first-order chi connectivity index (χ1) is 27.3. The molecule has 0 N–H and O–H groups in total. The topological polar surface area (TPSA) is 6.48 Å². The monoisotopic (exact) mass is 704 g/mol. The SMILES string of the molecule is C1=CC2c3ccc(N(c4ccccc4)c4cccc5ccccc45)cc3CC2C=C1N(c1ccc(-c2ccccc2)cc1)c1ccc(-c2ccccc2)cc1. The Labute approximate surface area is 323 Å². The summed E-state index contributed by atoms with van der Waals surface area (Å²) in [6.45, 7) is 0. The van der Waals surface area contributed by atoms with E-state index in [1.54, 1.807) is 0 Å². The summed E-state index contributed by atoms with van der Waals surface area (Å²) < 4.78 is 0. The molecule has 0 heterocycles. The lowest BCUT2D eigenvalue weighted by Gasteiger charge is -2.30. The van der Waals surface area contributed by atoms with E-state index in [1.165, 1.54) is 61.2 Å². The van der Waals surface area contributed by atoms with E-state index in [2.05, 4.69) is 228 Å². The van der Waals surface area contributed by atoms with E-state index in [-0.39, 0.29) is 0 Å². The maximum absolute atomic E-state index is 2.51. The van der Waals surface area contributed by atoms with Crippen molar-refractivity contribution in [2.75, 3.05) is 9.80 Å². The summed E-state index contributed by atoms with van der Waals surface area (Å²) in [5, 5.41) is 2.48. The Morgan fingerprint density at radius 1 is 0.418 bits per heavy atom. The van der Waals surface area contributed by atoms with Gasteiger partial charge in [0.2, 0.25) is 0 Å². The van der Waals surface area contributed by atoms with E-state index in [1.807, 2.05) is 0 Å². The van der Waals surface area contributed by atoms with Gasteiger partial charge >= 0.3 is 0 Å². The normalized spacial score (nSPS) is 15.6. The summed E-state index contributed by atoms with van der Waals surface area (Å²) in [5.74, 6) is 0.709. The third-order valence-electron chi connectivity index (χ3n) is 11.3.